The molecule has 1 aliphatic rings. The summed E-state index contributed by atoms with van der Waals surface area (Å²) in [5.41, 5.74) is 7.21. The fourth-order valence-electron chi connectivity index (χ4n) is 4.30. The summed E-state index contributed by atoms with van der Waals surface area (Å²) in [5, 5.41) is 5.64. The molecular formula is C28H44N4O5. The van der Waals surface area contributed by atoms with Crippen molar-refractivity contribution < 1.29 is 23.9 Å². The number of nitrogens with two attached hydrogens (primary N) is 1. The number of alkyl carbamates (subject to hydrolysis) is 1. The van der Waals surface area contributed by atoms with Crippen LogP contribution in [-0.2, 0) is 19.1 Å². The van der Waals surface area contributed by atoms with E-state index in [4.69, 9.17) is 10.5 Å². The Balaban J connectivity index is 2.52. The van der Waals surface area contributed by atoms with Gasteiger partial charge < -0.3 is 26.0 Å². The molecule has 0 heterocycles. The van der Waals surface area contributed by atoms with Crippen molar-refractivity contribution in [2.45, 2.75) is 104 Å². The van der Waals surface area contributed by atoms with E-state index >= 15 is 0 Å². The van der Waals surface area contributed by atoms with E-state index in [2.05, 4.69) is 10.6 Å². The van der Waals surface area contributed by atoms with Gasteiger partial charge in [-0.2, -0.15) is 0 Å². The van der Waals surface area contributed by atoms with E-state index < -0.39 is 35.6 Å². The number of hydrogen-bond donors (Lipinski definition) is 3. The molecule has 9 nitrogen and oxygen atoms in total. The van der Waals surface area contributed by atoms with Crippen molar-refractivity contribution in [1.82, 2.24) is 15.5 Å². The number of primary amides is 1. The molecule has 1 aromatic carbocycles. The lowest BCUT2D eigenvalue weighted by atomic mass is 9.95. The van der Waals surface area contributed by atoms with Gasteiger partial charge in [0.25, 0.3) is 0 Å². The van der Waals surface area contributed by atoms with Crippen LogP contribution in [0.25, 0.3) is 0 Å². The lowest BCUT2D eigenvalue weighted by Crippen LogP contribution is -2.54. The number of carbonyl (C=O) groups is 4. The van der Waals surface area contributed by atoms with Gasteiger partial charge in [0.2, 0.25) is 17.7 Å². The van der Waals surface area contributed by atoms with E-state index in [9.17, 15) is 19.2 Å². The van der Waals surface area contributed by atoms with Crippen molar-refractivity contribution in [3.8, 4) is 0 Å². The third-order valence-corrected chi connectivity index (χ3v) is 6.43. The van der Waals surface area contributed by atoms with Crippen LogP contribution < -0.4 is 16.4 Å². The number of rotatable bonds is 12. The molecule has 4 atom stereocenters. The molecule has 2 rings (SSSR count). The third kappa shape index (κ3) is 9.05. The second-order valence-electron chi connectivity index (χ2n) is 11.1. The van der Waals surface area contributed by atoms with Crippen LogP contribution in [0.5, 0.6) is 0 Å². The van der Waals surface area contributed by atoms with Crippen molar-refractivity contribution in [2.75, 3.05) is 6.54 Å². The van der Waals surface area contributed by atoms with Gasteiger partial charge in [-0.1, -0.05) is 44.0 Å². The predicted molar refractivity (Wildman–Crippen MR) is 143 cm³/mol. The molecule has 1 aromatic rings. The SMILES string of the molecule is CCCCNC(=O)C(c1cc(C)ccc1C)N(C(=O)C(CCC(N)=O)NC(=O)OC(C)(C)C)C1CC1C. The zero-order chi connectivity index (χ0) is 27.9. The highest BCUT2D eigenvalue weighted by Gasteiger charge is 2.48. The van der Waals surface area contributed by atoms with Crippen molar-refractivity contribution in [1.29, 1.82) is 0 Å². The first kappa shape index (κ1) is 30.1. The molecule has 1 saturated carbocycles. The van der Waals surface area contributed by atoms with Crippen LogP contribution in [0.1, 0.15) is 89.5 Å². The largest absolute Gasteiger partial charge is 0.444 e. The Morgan fingerprint density at radius 3 is 2.38 bits per heavy atom. The quantitative estimate of drug-likeness (QED) is 0.365. The monoisotopic (exact) mass is 516 g/mol. The molecule has 37 heavy (non-hydrogen) atoms. The first-order valence-corrected chi connectivity index (χ1v) is 13.2. The average molecular weight is 517 g/mol. The fraction of sp³-hybridized carbons (Fsp3) is 0.643. The Labute approximate surface area is 220 Å². The van der Waals surface area contributed by atoms with Gasteiger partial charge in [-0.05, 0) is 70.9 Å². The van der Waals surface area contributed by atoms with E-state index in [0.29, 0.717) is 6.54 Å². The van der Waals surface area contributed by atoms with Crippen molar-refractivity contribution in [3.63, 3.8) is 0 Å². The Hall–Kier alpha value is -3.10. The minimum absolute atomic E-state index is 0.00197. The molecule has 0 aliphatic heterocycles. The third-order valence-electron chi connectivity index (χ3n) is 6.43. The fourth-order valence-corrected chi connectivity index (χ4v) is 4.30. The van der Waals surface area contributed by atoms with E-state index in [1.807, 2.05) is 45.9 Å². The Kier molecular flexibility index (Phi) is 10.5. The Bertz CT molecular complexity index is 987. The van der Waals surface area contributed by atoms with Crippen LogP contribution in [0, 0.1) is 19.8 Å². The first-order chi connectivity index (χ1) is 17.2. The molecule has 206 valence electrons. The van der Waals surface area contributed by atoms with Gasteiger partial charge in [0, 0.05) is 19.0 Å². The normalized spacial score (nSPS) is 18.4. The number of benzene rings is 1. The molecule has 0 bridgehead atoms. The summed E-state index contributed by atoms with van der Waals surface area (Å²) < 4.78 is 5.38. The number of nitrogens with zero attached hydrogens (tertiary/aromatic N) is 1. The van der Waals surface area contributed by atoms with Crippen LogP contribution in [-0.4, -0.2) is 52.9 Å². The van der Waals surface area contributed by atoms with E-state index in [-0.39, 0.29) is 30.7 Å². The summed E-state index contributed by atoms with van der Waals surface area (Å²) >= 11 is 0. The predicted octanol–water partition coefficient (Wildman–Crippen LogP) is 3.66. The minimum Gasteiger partial charge on any atom is -0.444 e. The van der Waals surface area contributed by atoms with Crippen LogP contribution in [0.2, 0.25) is 0 Å². The molecule has 0 spiro atoms. The van der Waals surface area contributed by atoms with Crippen LogP contribution >= 0.6 is 0 Å². The minimum atomic E-state index is -1.08. The standard InChI is InChI=1S/C28H44N4O5/c1-8-9-14-30-25(34)24(20-15-17(2)10-11-18(20)3)32(22-16-19(22)4)26(35)21(12-13-23(29)33)31-27(36)37-28(5,6)7/h10-11,15,19,21-22,24H,8-9,12-14,16H2,1-7H3,(H2,29,33)(H,30,34)(H,31,36). The second kappa shape index (κ2) is 12.9. The number of amides is 4. The van der Waals surface area contributed by atoms with Gasteiger partial charge >= 0.3 is 6.09 Å². The number of ether oxygens (including phenoxy) is 1. The summed E-state index contributed by atoms with van der Waals surface area (Å²) in [4.78, 5) is 53.7. The summed E-state index contributed by atoms with van der Waals surface area (Å²) in [6.45, 7) is 13.6. The molecule has 0 radical (unpaired) electrons. The number of unbranched alkanes of at least 4 members (excludes halogenated alkanes) is 1. The van der Waals surface area contributed by atoms with E-state index in [1.165, 1.54) is 0 Å². The van der Waals surface area contributed by atoms with Crippen molar-refractivity contribution >= 4 is 23.8 Å². The highest BCUT2D eigenvalue weighted by molar-refractivity contribution is 5.93. The molecule has 4 amide bonds. The molecule has 9 heteroatoms. The second-order valence-corrected chi connectivity index (χ2v) is 11.1. The molecule has 1 aliphatic carbocycles. The molecule has 4 unspecified atom stereocenters. The maximum atomic E-state index is 14.2. The number of nitrogens with one attached hydrogen (secondary N) is 2. The van der Waals surface area contributed by atoms with Gasteiger partial charge in [-0.15, -0.1) is 0 Å². The summed E-state index contributed by atoms with van der Waals surface area (Å²) in [7, 11) is 0. The zero-order valence-corrected chi connectivity index (χ0v) is 23.3. The Morgan fingerprint density at radius 1 is 1.19 bits per heavy atom. The maximum absolute atomic E-state index is 14.2. The lowest BCUT2D eigenvalue weighted by molar-refractivity contribution is -0.143. The van der Waals surface area contributed by atoms with Crippen molar-refractivity contribution in [3.05, 3.63) is 34.9 Å². The molecule has 4 N–H and O–H groups in total. The smallest absolute Gasteiger partial charge is 0.408 e. The van der Waals surface area contributed by atoms with Crippen LogP contribution in [0.15, 0.2) is 18.2 Å². The summed E-state index contributed by atoms with van der Waals surface area (Å²) in [5.74, 6) is -1.09. The number of aryl methyl sites for hydroxylation is 2. The topological polar surface area (TPSA) is 131 Å². The molecule has 0 aromatic heterocycles. The summed E-state index contributed by atoms with van der Waals surface area (Å²) in [6, 6.07) is 3.72. The number of carbonyl (C=O) groups excluding carboxylic acids is 4. The van der Waals surface area contributed by atoms with Crippen LogP contribution in [0.4, 0.5) is 4.79 Å². The van der Waals surface area contributed by atoms with Gasteiger partial charge in [0.1, 0.15) is 17.7 Å². The molecule has 0 saturated heterocycles. The zero-order valence-electron chi connectivity index (χ0n) is 23.3. The van der Waals surface area contributed by atoms with E-state index in [1.54, 1.807) is 25.7 Å². The van der Waals surface area contributed by atoms with Gasteiger partial charge in [-0.3, -0.25) is 14.4 Å². The van der Waals surface area contributed by atoms with Gasteiger partial charge in [-0.25, -0.2) is 4.79 Å². The van der Waals surface area contributed by atoms with Gasteiger partial charge in [0.05, 0.1) is 0 Å². The molecular weight excluding hydrogens is 472 g/mol. The molecule has 1 fully saturated rings. The number of hydrogen-bond acceptors (Lipinski definition) is 5. The van der Waals surface area contributed by atoms with E-state index in [0.717, 1.165) is 36.0 Å². The maximum Gasteiger partial charge on any atom is 0.408 e. The van der Waals surface area contributed by atoms with Crippen LogP contribution in [0.3, 0.4) is 0 Å². The first-order valence-electron chi connectivity index (χ1n) is 13.2. The summed E-state index contributed by atoms with van der Waals surface area (Å²) in [6.07, 6.45) is 1.62. The highest BCUT2D eigenvalue weighted by atomic mass is 16.6. The van der Waals surface area contributed by atoms with Gasteiger partial charge in [0.15, 0.2) is 0 Å². The highest BCUT2D eigenvalue weighted by Crippen LogP contribution is 2.41. The Morgan fingerprint density at radius 2 is 1.84 bits per heavy atom. The lowest BCUT2D eigenvalue weighted by Gasteiger charge is -2.35. The average Bonchev–Trinajstić information content (AvgIpc) is 3.50. The van der Waals surface area contributed by atoms with Crippen molar-refractivity contribution in [2.24, 2.45) is 11.7 Å².